The summed E-state index contributed by atoms with van der Waals surface area (Å²) in [7, 11) is 0. The number of nitrogens with one attached hydrogen (secondary N) is 2. The molecule has 3 amide bonds. The molecule has 0 saturated heterocycles. The second-order valence-corrected chi connectivity index (χ2v) is 11.8. The molecule has 214 valence electrons. The summed E-state index contributed by atoms with van der Waals surface area (Å²) in [6, 6.07) is 10.0. The number of hydrogen-bond donors (Lipinski definition) is 2. The first-order valence-corrected chi connectivity index (χ1v) is 13.9. The first-order valence-electron chi connectivity index (χ1n) is 13.9. The molecule has 39 heavy (non-hydrogen) atoms. The second kappa shape index (κ2) is 13.6. The zero-order valence-electron chi connectivity index (χ0n) is 25.4. The van der Waals surface area contributed by atoms with Crippen molar-refractivity contribution in [2.75, 3.05) is 11.9 Å². The van der Waals surface area contributed by atoms with E-state index < -0.39 is 23.8 Å². The van der Waals surface area contributed by atoms with E-state index in [1.165, 1.54) is 0 Å². The summed E-state index contributed by atoms with van der Waals surface area (Å²) in [4.78, 5) is 42.8. The van der Waals surface area contributed by atoms with Crippen LogP contribution in [0.2, 0.25) is 0 Å². The van der Waals surface area contributed by atoms with Crippen molar-refractivity contribution >= 4 is 23.6 Å². The van der Waals surface area contributed by atoms with Crippen molar-refractivity contribution in [3.63, 3.8) is 0 Å². The van der Waals surface area contributed by atoms with Gasteiger partial charge in [0.05, 0.1) is 0 Å². The number of carbonyl (C=O) groups excluding carboxylic acids is 3. The van der Waals surface area contributed by atoms with Crippen molar-refractivity contribution in [1.29, 1.82) is 0 Å². The second-order valence-electron chi connectivity index (χ2n) is 11.8. The van der Waals surface area contributed by atoms with E-state index in [-0.39, 0.29) is 17.7 Å². The highest BCUT2D eigenvalue weighted by Gasteiger charge is 2.37. The van der Waals surface area contributed by atoms with Crippen LogP contribution in [0.3, 0.4) is 0 Å². The first kappa shape index (κ1) is 31.9. The number of alkyl carbamates (subject to hydrolysis) is 1. The van der Waals surface area contributed by atoms with Crippen LogP contribution >= 0.6 is 0 Å². The predicted molar refractivity (Wildman–Crippen MR) is 158 cm³/mol. The maximum atomic E-state index is 14.3. The van der Waals surface area contributed by atoms with Gasteiger partial charge in [0.2, 0.25) is 5.91 Å². The summed E-state index contributed by atoms with van der Waals surface area (Å²) in [6.45, 7) is 19.5. The summed E-state index contributed by atoms with van der Waals surface area (Å²) < 4.78 is 5.48. The summed E-state index contributed by atoms with van der Waals surface area (Å²) in [5.74, 6) is -0.465. The van der Waals surface area contributed by atoms with Gasteiger partial charge in [-0.15, -0.1) is 0 Å². The highest BCUT2D eigenvalue weighted by Crippen LogP contribution is 2.31. The molecule has 0 aliphatic heterocycles. The van der Waals surface area contributed by atoms with Crippen LogP contribution in [-0.4, -0.2) is 41.0 Å². The van der Waals surface area contributed by atoms with E-state index in [0.29, 0.717) is 19.4 Å². The standard InChI is InChI=1S/C32H47N3O4/c1-11-18-35(30(37)25(19-20(2)3)33-31(38)39-32(8,9)10)28(26-21(4)14-12-15-22(26)5)29(36)34-27-23(6)16-13-17-24(27)7/h12-17,20,25,28H,11,18-19H2,1-10H3,(H,33,38)(H,34,36). The van der Waals surface area contributed by atoms with Gasteiger partial charge in [-0.2, -0.15) is 0 Å². The van der Waals surface area contributed by atoms with Crippen LogP contribution in [0.1, 0.15) is 88.2 Å². The quantitative estimate of drug-likeness (QED) is 0.350. The van der Waals surface area contributed by atoms with Gasteiger partial charge >= 0.3 is 6.09 Å². The van der Waals surface area contributed by atoms with Crippen LogP contribution in [0.15, 0.2) is 36.4 Å². The number of carbonyl (C=O) groups is 3. The van der Waals surface area contributed by atoms with Crippen LogP contribution in [0, 0.1) is 33.6 Å². The molecule has 0 aromatic heterocycles. The molecular formula is C32H47N3O4. The Labute approximate surface area is 234 Å². The summed E-state index contributed by atoms with van der Waals surface area (Å²) in [5, 5.41) is 5.93. The number of anilines is 1. The van der Waals surface area contributed by atoms with Gasteiger partial charge in [0.25, 0.3) is 5.91 Å². The zero-order valence-corrected chi connectivity index (χ0v) is 25.4. The third-order valence-electron chi connectivity index (χ3n) is 6.55. The van der Waals surface area contributed by atoms with E-state index in [2.05, 4.69) is 10.6 Å². The molecule has 7 nitrogen and oxygen atoms in total. The van der Waals surface area contributed by atoms with Gasteiger partial charge in [0.15, 0.2) is 0 Å². The van der Waals surface area contributed by atoms with Gasteiger partial charge < -0.3 is 20.3 Å². The van der Waals surface area contributed by atoms with Gasteiger partial charge in [-0.05, 0) is 95.0 Å². The summed E-state index contributed by atoms with van der Waals surface area (Å²) in [5.41, 5.74) is 4.57. The van der Waals surface area contributed by atoms with Gasteiger partial charge in [-0.1, -0.05) is 57.2 Å². The van der Waals surface area contributed by atoms with Crippen LogP contribution in [-0.2, 0) is 14.3 Å². The number of para-hydroxylation sites is 1. The SMILES string of the molecule is CCCN(C(=O)C(CC(C)C)NC(=O)OC(C)(C)C)C(C(=O)Nc1c(C)cccc1C)c1c(C)cccc1C. The molecule has 0 fully saturated rings. The van der Waals surface area contributed by atoms with E-state index in [1.807, 2.05) is 84.9 Å². The maximum absolute atomic E-state index is 14.3. The molecule has 0 aliphatic rings. The number of hydrogen-bond acceptors (Lipinski definition) is 4. The maximum Gasteiger partial charge on any atom is 0.408 e. The van der Waals surface area contributed by atoms with Gasteiger partial charge in [-0.3, -0.25) is 9.59 Å². The lowest BCUT2D eigenvalue weighted by Gasteiger charge is -2.36. The molecule has 0 radical (unpaired) electrons. The number of aryl methyl sites for hydroxylation is 4. The third kappa shape index (κ3) is 8.84. The van der Waals surface area contributed by atoms with Crippen molar-refractivity contribution < 1.29 is 19.1 Å². The molecule has 0 aliphatic carbocycles. The first-order chi connectivity index (χ1) is 18.2. The fourth-order valence-corrected chi connectivity index (χ4v) is 4.84. The highest BCUT2D eigenvalue weighted by atomic mass is 16.6. The minimum absolute atomic E-state index is 0.124. The number of ether oxygens (including phenoxy) is 1. The van der Waals surface area contributed by atoms with E-state index in [4.69, 9.17) is 4.74 Å². The molecule has 2 N–H and O–H groups in total. The Balaban J connectivity index is 2.61. The molecule has 2 atom stereocenters. The number of benzene rings is 2. The molecule has 0 bridgehead atoms. The average molecular weight is 538 g/mol. The topological polar surface area (TPSA) is 87.7 Å². The smallest absolute Gasteiger partial charge is 0.408 e. The lowest BCUT2D eigenvalue weighted by atomic mass is 9.92. The van der Waals surface area contributed by atoms with Crippen LogP contribution in [0.4, 0.5) is 10.5 Å². The normalized spacial score (nSPS) is 13.0. The van der Waals surface area contributed by atoms with Crippen molar-refractivity contribution in [3.8, 4) is 0 Å². The van der Waals surface area contributed by atoms with Gasteiger partial charge in [0.1, 0.15) is 17.7 Å². The molecular weight excluding hydrogens is 490 g/mol. The van der Waals surface area contributed by atoms with E-state index >= 15 is 0 Å². The van der Waals surface area contributed by atoms with Crippen molar-refractivity contribution in [3.05, 3.63) is 64.2 Å². The molecule has 2 aromatic rings. The fourth-order valence-electron chi connectivity index (χ4n) is 4.84. The Hall–Kier alpha value is -3.35. The van der Waals surface area contributed by atoms with Crippen molar-refractivity contribution in [1.82, 2.24) is 10.2 Å². The molecule has 0 spiro atoms. The van der Waals surface area contributed by atoms with Crippen LogP contribution in [0.5, 0.6) is 0 Å². The Bertz CT molecular complexity index is 1130. The Morgan fingerprint density at radius 1 is 0.897 bits per heavy atom. The molecule has 0 saturated carbocycles. The largest absolute Gasteiger partial charge is 0.444 e. The fraction of sp³-hybridized carbons (Fsp3) is 0.531. The Morgan fingerprint density at radius 2 is 1.41 bits per heavy atom. The summed E-state index contributed by atoms with van der Waals surface area (Å²) in [6.07, 6.45) is 0.405. The van der Waals surface area contributed by atoms with E-state index in [9.17, 15) is 14.4 Å². The van der Waals surface area contributed by atoms with E-state index in [0.717, 1.165) is 33.5 Å². The lowest BCUT2D eigenvalue weighted by molar-refractivity contribution is -0.141. The van der Waals surface area contributed by atoms with Crippen LogP contribution < -0.4 is 10.6 Å². The number of amides is 3. The monoisotopic (exact) mass is 537 g/mol. The van der Waals surface area contributed by atoms with E-state index in [1.54, 1.807) is 25.7 Å². The molecule has 2 unspecified atom stereocenters. The average Bonchev–Trinajstić information content (AvgIpc) is 2.80. The van der Waals surface area contributed by atoms with Gasteiger partial charge in [0, 0.05) is 12.2 Å². The van der Waals surface area contributed by atoms with Crippen molar-refractivity contribution in [2.24, 2.45) is 5.92 Å². The number of nitrogens with zero attached hydrogens (tertiary/aromatic N) is 1. The number of rotatable bonds is 10. The van der Waals surface area contributed by atoms with Crippen molar-refractivity contribution in [2.45, 2.75) is 99.8 Å². The zero-order chi connectivity index (χ0) is 29.5. The Kier molecular flexibility index (Phi) is 11.1. The molecule has 2 aromatic carbocycles. The lowest BCUT2D eigenvalue weighted by Crippen LogP contribution is -2.53. The summed E-state index contributed by atoms with van der Waals surface area (Å²) >= 11 is 0. The third-order valence-corrected chi connectivity index (χ3v) is 6.55. The Morgan fingerprint density at radius 3 is 1.87 bits per heavy atom. The molecule has 7 heteroatoms. The minimum Gasteiger partial charge on any atom is -0.444 e. The minimum atomic E-state index is -0.882. The van der Waals surface area contributed by atoms with Crippen LogP contribution in [0.25, 0.3) is 0 Å². The highest BCUT2D eigenvalue weighted by molar-refractivity contribution is 6.00. The van der Waals surface area contributed by atoms with Gasteiger partial charge in [-0.25, -0.2) is 4.79 Å². The molecule has 2 rings (SSSR count). The molecule has 0 heterocycles. The predicted octanol–water partition coefficient (Wildman–Crippen LogP) is 6.78.